The summed E-state index contributed by atoms with van der Waals surface area (Å²) in [5, 5.41) is 0. The highest BCUT2D eigenvalue weighted by Gasteiger charge is 2.24. The maximum absolute atomic E-state index is 10.9. The molecule has 0 spiro atoms. The van der Waals surface area contributed by atoms with Gasteiger partial charge in [-0.25, -0.2) is 0 Å². The third kappa shape index (κ3) is 4.61. The molecule has 0 unspecified atom stereocenters. The molecule has 0 aromatic heterocycles. The third-order valence-corrected chi connectivity index (χ3v) is 2.82. The number of hydrogen-bond acceptors (Lipinski definition) is 4. The Morgan fingerprint density at radius 2 is 1.38 bits per heavy atom. The molecule has 0 saturated heterocycles. The molecule has 0 heterocycles. The van der Waals surface area contributed by atoms with Gasteiger partial charge in [0.25, 0.3) is 0 Å². The van der Waals surface area contributed by atoms with Gasteiger partial charge >= 0.3 is 11.9 Å². The Balaban J connectivity index is 3.98. The van der Waals surface area contributed by atoms with E-state index in [0.29, 0.717) is 6.42 Å². The summed E-state index contributed by atoms with van der Waals surface area (Å²) in [5.74, 6) is -0.818. The van der Waals surface area contributed by atoms with Crippen molar-refractivity contribution in [2.75, 3.05) is 14.2 Å². The zero-order valence-corrected chi connectivity index (χ0v) is 10.4. The first-order valence-corrected chi connectivity index (χ1v) is 5.29. The van der Waals surface area contributed by atoms with Gasteiger partial charge in [-0.2, -0.15) is 0 Å². The van der Waals surface area contributed by atoms with Crippen LogP contribution < -0.4 is 0 Å². The molecule has 0 saturated carbocycles. The second kappa shape index (κ2) is 6.37. The normalized spacial score (nSPS) is 14.5. The first-order valence-electron chi connectivity index (χ1n) is 3.46. The molecule has 6 heteroatoms. The average Bonchev–Trinajstić information content (AvgIpc) is 2.14. The fourth-order valence-electron chi connectivity index (χ4n) is 0.630. The number of methoxy groups -OCH3 is 2. The molecule has 0 bridgehead atoms. The Kier molecular flexibility index (Phi) is 6.32. The molecular formula is C7H10Br2O4. The summed E-state index contributed by atoms with van der Waals surface area (Å²) in [4.78, 5) is 20.8. The summed E-state index contributed by atoms with van der Waals surface area (Å²) < 4.78 is 8.93. The van der Waals surface area contributed by atoms with Gasteiger partial charge in [-0.15, -0.1) is 0 Å². The van der Waals surface area contributed by atoms with Crippen molar-refractivity contribution in [2.45, 2.75) is 16.1 Å². The van der Waals surface area contributed by atoms with E-state index in [-0.39, 0.29) is 0 Å². The van der Waals surface area contributed by atoms with Crippen LogP contribution in [0.2, 0.25) is 0 Å². The maximum atomic E-state index is 10.9. The average molecular weight is 318 g/mol. The van der Waals surface area contributed by atoms with Crippen molar-refractivity contribution < 1.29 is 19.1 Å². The van der Waals surface area contributed by atoms with E-state index in [1.54, 1.807) is 0 Å². The maximum Gasteiger partial charge on any atom is 0.319 e. The topological polar surface area (TPSA) is 52.6 Å². The number of alkyl halides is 2. The highest BCUT2D eigenvalue weighted by Crippen LogP contribution is 2.16. The van der Waals surface area contributed by atoms with E-state index >= 15 is 0 Å². The van der Waals surface area contributed by atoms with E-state index in [4.69, 9.17) is 0 Å². The lowest BCUT2D eigenvalue weighted by Crippen LogP contribution is -2.24. The zero-order chi connectivity index (χ0) is 10.4. The second-order valence-corrected chi connectivity index (χ2v) is 4.43. The van der Waals surface area contributed by atoms with E-state index in [1.165, 1.54) is 14.2 Å². The minimum atomic E-state index is -0.499. The fraction of sp³-hybridized carbons (Fsp3) is 0.714. The van der Waals surface area contributed by atoms with Crippen LogP contribution >= 0.6 is 31.9 Å². The summed E-state index contributed by atoms with van der Waals surface area (Å²) in [7, 11) is 2.58. The molecule has 76 valence electrons. The van der Waals surface area contributed by atoms with Crippen LogP contribution in [0.25, 0.3) is 0 Å². The Labute approximate surface area is 93.2 Å². The number of rotatable bonds is 4. The van der Waals surface area contributed by atoms with Crippen LogP contribution in [0.1, 0.15) is 6.42 Å². The number of halogens is 2. The standard InChI is InChI=1S/C7H10Br2O4/c1-12-6(10)4(8)3-5(9)7(11)13-2/h4-5H,3H2,1-2H3/t4-,5-/m1/s1. The SMILES string of the molecule is COC(=O)[C@H](Br)C[C@@H](Br)C(=O)OC. The molecule has 0 amide bonds. The molecule has 0 aliphatic heterocycles. The van der Waals surface area contributed by atoms with Crippen LogP contribution in [0.15, 0.2) is 0 Å². The first-order chi connectivity index (χ1) is 6.02. The molecule has 0 radical (unpaired) electrons. The van der Waals surface area contributed by atoms with Gasteiger partial charge in [0.1, 0.15) is 9.65 Å². The number of esters is 2. The van der Waals surface area contributed by atoms with Gasteiger partial charge in [0.05, 0.1) is 14.2 Å². The lowest BCUT2D eigenvalue weighted by atomic mass is 10.2. The molecule has 0 aromatic carbocycles. The molecule has 2 atom stereocenters. The van der Waals surface area contributed by atoms with E-state index < -0.39 is 21.6 Å². The Morgan fingerprint density at radius 1 is 1.08 bits per heavy atom. The van der Waals surface area contributed by atoms with Gasteiger partial charge in [0, 0.05) is 0 Å². The summed E-state index contributed by atoms with van der Waals surface area (Å²) in [5.41, 5.74) is 0. The van der Waals surface area contributed by atoms with Crippen molar-refractivity contribution in [1.82, 2.24) is 0 Å². The van der Waals surface area contributed by atoms with Gasteiger partial charge in [0.15, 0.2) is 0 Å². The smallest absolute Gasteiger partial charge is 0.319 e. The quantitative estimate of drug-likeness (QED) is 0.578. The van der Waals surface area contributed by atoms with Crippen LogP contribution in [0.4, 0.5) is 0 Å². The van der Waals surface area contributed by atoms with E-state index in [2.05, 4.69) is 41.3 Å². The van der Waals surface area contributed by atoms with Crippen LogP contribution in [0.3, 0.4) is 0 Å². The Hall–Kier alpha value is -0.100. The lowest BCUT2D eigenvalue weighted by Gasteiger charge is -2.10. The number of ether oxygens (including phenoxy) is 2. The van der Waals surface area contributed by atoms with Crippen molar-refractivity contribution >= 4 is 43.8 Å². The lowest BCUT2D eigenvalue weighted by molar-refractivity contribution is -0.141. The first kappa shape index (κ1) is 12.9. The van der Waals surface area contributed by atoms with Crippen LogP contribution in [0.5, 0.6) is 0 Å². The summed E-state index contributed by atoms with van der Waals surface area (Å²) in [6.07, 6.45) is 0.291. The number of hydrogen-bond donors (Lipinski definition) is 0. The van der Waals surface area contributed by atoms with Gasteiger partial charge in [-0.3, -0.25) is 9.59 Å². The van der Waals surface area contributed by atoms with Crippen molar-refractivity contribution in [2.24, 2.45) is 0 Å². The van der Waals surface area contributed by atoms with Gasteiger partial charge in [-0.1, -0.05) is 31.9 Å². The van der Waals surface area contributed by atoms with Crippen LogP contribution in [-0.4, -0.2) is 35.8 Å². The molecule has 0 aliphatic carbocycles. The fourth-order valence-corrected chi connectivity index (χ4v) is 2.25. The predicted molar refractivity (Wildman–Crippen MR) is 54.1 cm³/mol. The van der Waals surface area contributed by atoms with Gasteiger partial charge in [0.2, 0.25) is 0 Å². The minimum absolute atomic E-state index is 0.291. The summed E-state index contributed by atoms with van der Waals surface area (Å²) in [6, 6.07) is 0. The largest absolute Gasteiger partial charge is 0.468 e. The summed E-state index contributed by atoms with van der Waals surface area (Å²) >= 11 is 6.18. The van der Waals surface area contributed by atoms with Gasteiger partial charge in [-0.05, 0) is 6.42 Å². The summed E-state index contributed by atoms with van der Waals surface area (Å²) in [6.45, 7) is 0. The van der Waals surface area contributed by atoms with E-state index in [9.17, 15) is 9.59 Å². The van der Waals surface area contributed by atoms with Crippen molar-refractivity contribution in [1.29, 1.82) is 0 Å². The monoisotopic (exact) mass is 316 g/mol. The molecule has 0 aromatic rings. The van der Waals surface area contributed by atoms with Crippen LogP contribution in [0, 0.1) is 0 Å². The molecule has 0 aliphatic rings. The molecule has 0 rings (SSSR count). The highest BCUT2D eigenvalue weighted by atomic mass is 79.9. The number of carbonyl (C=O) groups excluding carboxylic acids is 2. The molecule has 0 N–H and O–H groups in total. The third-order valence-electron chi connectivity index (χ3n) is 1.33. The zero-order valence-electron chi connectivity index (χ0n) is 7.25. The Morgan fingerprint density at radius 3 is 1.62 bits per heavy atom. The second-order valence-electron chi connectivity index (χ2n) is 2.22. The van der Waals surface area contributed by atoms with Crippen molar-refractivity contribution in [3.05, 3.63) is 0 Å². The molecule has 0 fully saturated rings. The Bertz CT molecular complexity index is 175. The molecular weight excluding hydrogens is 308 g/mol. The molecule has 13 heavy (non-hydrogen) atoms. The van der Waals surface area contributed by atoms with Crippen molar-refractivity contribution in [3.8, 4) is 0 Å². The van der Waals surface area contributed by atoms with E-state index in [1.807, 2.05) is 0 Å². The predicted octanol–water partition coefficient (Wildman–Crippen LogP) is 1.25. The van der Waals surface area contributed by atoms with Crippen LogP contribution in [-0.2, 0) is 19.1 Å². The minimum Gasteiger partial charge on any atom is -0.468 e. The van der Waals surface area contributed by atoms with Gasteiger partial charge < -0.3 is 9.47 Å². The number of carbonyl (C=O) groups is 2. The van der Waals surface area contributed by atoms with Crippen molar-refractivity contribution in [3.63, 3.8) is 0 Å². The highest BCUT2D eigenvalue weighted by molar-refractivity contribution is 9.10. The van der Waals surface area contributed by atoms with E-state index in [0.717, 1.165) is 0 Å². The molecule has 4 nitrogen and oxygen atoms in total.